The van der Waals surface area contributed by atoms with E-state index >= 15 is 0 Å². The van der Waals surface area contributed by atoms with Gasteiger partial charge in [-0.15, -0.1) is 11.3 Å². The molecule has 1 heterocycles. The number of carbonyl (C=O) groups is 1. The van der Waals surface area contributed by atoms with Gasteiger partial charge in [0.2, 0.25) is 0 Å². The van der Waals surface area contributed by atoms with Crippen LogP contribution < -0.4 is 0 Å². The second-order valence-electron chi connectivity index (χ2n) is 4.24. The lowest BCUT2D eigenvalue weighted by molar-refractivity contribution is 0.0790. The van der Waals surface area contributed by atoms with Gasteiger partial charge in [-0.2, -0.15) is 0 Å². The maximum atomic E-state index is 12.1. The number of aryl methyl sites for hydroxylation is 1. The van der Waals surface area contributed by atoms with Gasteiger partial charge in [-0.05, 0) is 36.8 Å². The Morgan fingerprint density at radius 1 is 1.22 bits per heavy atom. The molecule has 94 valence electrons. The van der Waals surface area contributed by atoms with Crippen molar-refractivity contribution < 1.29 is 9.90 Å². The standard InChI is InChI=1S/C14H15NO2S/c1-10-3-8-13(18-10)14(17)15(2)9-11-4-6-12(16)7-5-11/h3-8,16H,9H2,1-2H3. The molecule has 1 N–H and O–H groups in total. The van der Waals surface area contributed by atoms with E-state index in [1.807, 2.05) is 31.2 Å². The molecule has 1 aromatic heterocycles. The predicted molar refractivity (Wildman–Crippen MR) is 73.0 cm³/mol. The van der Waals surface area contributed by atoms with Crippen molar-refractivity contribution in [2.45, 2.75) is 13.5 Å². The summed E-state index contributed by atoms with van der Waals surface area (Å²) in [7, 11) is 1.78. The van der Waals surface area contributed by atoms with Gasteiger partial charge < -0.3 is 10.0 Å². The Bertz CT molecular complexity index is 545. The summed E-state index contributed by atoms with van der Waals surface area (Å²) in [5.74, 6) is 0.266. The van der Waals surface area contributed by atoms with Gasteiger partial charge in [0.15, 0.2) is 0 Å². The average molecular weight is 261 g/mol. The van der Waals surface area contributed by atoms with E-state index in [4.69, 9.17) is 0 Å². The Morgan fingerprint density at radius 3 is 2.44 bits per heavy atom. The number of hydrogen-bond acceptors (Lipinski definition) is 3. The van der Waals surface area contributed by atoms with Crippen molar-refractivity contribution in [1.29, 1.82) is 0 Å². The molecule has 4 heteroatoms. The lowest BCUT2D eigenvalue weighted by atomic mass is 10.2. The number of nitrogens with zero attached hydrogens (tertiary/aromatic N) is 1. The molecular weight excluding hydrogens is 246 g/mol. The van der Waals surface area contributed by atoms with Crippen LogP contribution in [0.1, 0.15) is 20.1 Å². The molecule has 0 aliphatic rings. The van der Waals surface area contributed by atoms with E-state index < -0.39 is 0 Å². The molecule has 1 amide bonds. The largest absolute Gasteiger partial charge is 0.508 e. The molecule has 0 unspecified atom stereocenters. The molecule has 1 aromatic carbocycles. The molecule has 0 radical (unpaired) electrons. The van der Waals surface area contributed by atoms with Crippen LogP contribution in [0.5, 0.6) is 5.75 Å². The Kier molecular flexibility index (Phi) is 3.67. The molecule has 2 aromatic rings. The monoisotopic (exact) mass is 261 g/mol. The highest BCUT2D eigenvalue weighted by molar-refractivity contribution is 7.13. The van der Waals surface area contributed by atoms with Crippen LogP contribution in [-0.2, 0) is 6.54 Å². The summed E-state index contributed by atoms with van der Waals surface area (Å²) >= 11 is 1.51. The van der Waals surface area contributed by atoms with E-state index in [0.29, 0.717) is 6.54 Å². The van der Waals surface area contributed by atoms with Gasteiger partial charge in [0.25, 0.3) is 5.91 Å². The zero-order valence-corrected chi connectivity index (χ0v) is 11.2. The van der Waals surface area contributed by atoms with Gasteiger partial charge in [0, 0.05) is 18.5 Å². The molecule has 18 heavy (non-hydrogen) atoms. The maximum absolute atomic E-state index is 12.1. The number of amides is 1. The third kappa shape index (κ3) is 2.90. The van der Waals surface area contributed by atoms with E-state index in [1.54, 1.807) is 24.1 Å². The van der Waals surface area contributed by atoms with E-state index in [-0.39, 0.29) is 11.7 Å². The molecule has 0 saturated carbocycles. The molecule has 0 saturated heterocycles. The highest BCUT2D eigenvalue weighted by Crippen LogP contribution is 2.18. The molecular formula is C14H15NO2S. The lowest BCUT2D eigenvalue weighted by Crippen LogP contribution is -2.25. The first kappa shape index (κ1) is 12.6. The van der Waals surface area contributed by atoms with Crippen molar-refractivity contribution in [3.63, 3.8) is 0 Å². The zero-order valence-electron chi connectivity index (χ0n) is 10.4. The summed E-state index contributed by atoms with van der Waals surface area (Å²) in [6, 6.07) is 10.7. The first-order valence-electron chi connectivity index (χ1n) is 5.66. The highest BCUT2D eigenvalue weighted by Gasteiger charge is 2.13. The van der Waals surface area contributed by atoms with E-state index in [9.17, 15) is 9.90 Å². The quantitative estimate of drug-likeness (QED) is 0.922. The van der Waals surface area contributed by atoms with E-state index in [1.165, 1.54) is 11.3 Å². The first-order valence-corrected chi connectivity index (χ1v) is 6.48. The molecule has 0 atom stereocenters. The fourth-order valence-corrected chi connectivity index (χ4v) is 2.55. The number of hydrogen-bond donors (Lipinski definition) is 1. The third-order valence-electron chi connectivity index (χ3n) is 2.65. The van der Waals surface area contributed by atoms with Gasteiger partial charge in [0.1, 0.15) is 5.75 Å². The van der Waals surface area contributed by atoms with Gasteiger partial charge >= 0.3 is 0 Å². The van der Waals surface area contributed by atoms with Crippen LogP contribution in [0.3, 0.4) is 0 Å². The number of rotatable bonds is 3. The molecule has 0 bridgehead atoms. The normalized spacial score (nSPS) is 10.3. The van der Waals surface area contributed by atoms with E-state index in [2.05, 4.69) is 0 Å². The number of benzene rings is 1. The van der Waals surface area contributed by atoms with Crippen LogP contribution in [-0.4, -0.2) is 23.0 Å². The zero-order chi connectivity index (χ0) is 13.1. The fraction of sp³-hybridized carbons (Fsp3) is 0.214. The maximum Gasteiger partial charge on any atom is 0.263 e. The van der Waals surface area contributed by atoms with Crippen LogP contribution >= 0.6 is 11.3 Å². The Morgan fingerprint density at radius 2 is 1.89 bits per heavy atom. The number of carbonyl (C=O) groups excluding carboxylic acids is 1. The molecule has 0 aliphatic heterocycles. The van der Waals surface area contributed by atoms with Crippen molar-refractivity contribution >= 4 is 17.2 Å². The van der Waals surface area contributed by atoms with Gasteiger partial charge in [-0.25, -0.2) is 0 Å². The highest BCUT2D eigenvalue weighted by atomic mass is 32.1. The Balaban J connectivity index is 2.05. The summed E-state index contributed by atoms with van der Waals surface area (Å²) < 4.78 is 0. The molecule has 0 fully saturated rings. The summed E-state index contributed by atoms with van der Waals surface area (Å²) in [6.07, 6.45) is 0. The van der Waals surface area contributed by atoms with Crippen LogP contribution in [0.15, 0.2) is 36.4 Å². The average Bonchev–Trinajstić information content (AvgIpc) is 2.78. The molecule has 3 nitrogen and oxygen atoms in total. The second-order valence-corrected chi connectivity index (χ2v) is 5.53. The van der Waals surface area contributed by atoms with Crippen molar-refractivity contribution in [3.8, 4) is 5.75 Å². The minimum absolute atomic E-state index is 0.0289. The minimum Gasteiger partial charge on any atom is -0.508 e. The van der Waals surface area contributed by atoms with Crippen molar-refractivity contribution in [2.75, 3.05) is 7.05 Å². The van der Waals surface area contributed by atoms with Crippen molar-refractivity contribution in [2.24, 2.45) is 0 Å². The van der Waals surface area contributed by atoms with Crippen LogP contribution in [0, 0.1) is 6.92 Å². The summed E-state index contributed by atoms with van der Waals surface area (Å²) in [6.45, 7) is 2.53. The molecule has 0 spiro atoms. The van der Waals surface area contributed by atoms with Gasteiger partial charge in [-0.1, -0.05) is 12.1 Å². The Hall–Kier alpha value is -1.81. The number of aromatic hydroxyl groups is 1. The minimum atomic E-state index is 0.0289. The van der Waals surface area contributed by atoms with Gasteiger partial charge in [-0.3, -0.25) is 4.79 Å². The molecule has 0 aliphatic carbocycles. The fourth-order valence-electron chi connectivity index (χ4n) is 1.68. The van der Waals surface area contributed by atoms with Gasteiger partial charge in [0.05, 0.1) is 4.88 Å². The SMILES string of the molecule is Cc1ccc(C(=O)N(C)Cc2ccc(O)cc2)s1. The third-order valence-corrected chi connectivity index (χ3v) is 3.64. The Labute approximate surface area is 110 Å². The number of phenols is 1. The second kappa shape index (κ2) is 5.23. The lowest BCUT2D eigenvalue weighted by Gasteiger charge is -2.16. The topological polar surface area (TPSA) is 40.5 Å². The van der Waals surface area contributed by atoms with E-state index in [0.717, 1.165) is 15.3 Å². The first-order chi connectivity index (χ1) is 8.56. The van der Waals surface area contributed by atoms with Crippen LogP contribution in [0.4, 0.5) is 0 Å². The number of phenolic OH excluding ortho intramolecular Hbond substituents is 1. The summed E-state index contributed by atoms with van der Waals surface area (Å²) in [4.78, 5) is 15.7. The van der Waals surface area contributed by atoms with Crippen LogP contribution in [0.25, 0.3) is 0 Å². The summed E-state index contributed by atoms with van der Waals surface area (Å²) in [5.41, 5.74) is 0.997. The number of thiophene rings is 1. The molecule has 2 rings (SSSR count). The van der Waals surface area contributed by atoms with Crippen LogP contribution in [0.2, 0.25) is 0 Å². The summed E-state index contributed by atoms with van der Waals surface area (Å²) in [5, 5.41) is 9.20. The predicted octanol–water partition coefficient (Wildman–Crippen LogP) is 3.03. The van der Waals surface area contributed by atoms with Crippen molar-refractivity contribution in [3.05, 3.63) is 51.7 Å². The van der Waals surface area contributed by atoms with Crippen molar-refractivity contribution in [1.82, 2.24) is 4.90 Å². The smallest absolute Gasteiger partial charge is 0.263 e.